The highest BCUT2D eigenvalue weighted by atomic mass is 35.5. The van der Waals surface area contributed by atoms with Crippen LogP contribution in [0.1, 0.15) is 20.8 Å². The Morgan fingerprint density at radius 1 is 1.50 bits per heavy atom. The van der Waals surface area contributed by atoms with Crippen molar-refractivity contribution in [3.05, 3.63) is 29.3 Å². The van der Waals surface area contributed by atoms with Crippen LogP contribution in [0, 0.1) is 17.2 Å². The number of carbonyl (C=O) groups excluding carboxylic acids is 1. The fraction of sp³-hybridized carbons (Fsp3) is 0.467. The molecule has 20 heavy (non-hydrogen) atoms. The lowest BCUT2D eigenvalue weighted by Gasteiger charge is -2.25. The highest BCUT2D eigenvalue weighted by Crippen LogP contribution is 2.19. The SMILES string of the molecule is CCN(CC(C)C#N)C(=O)C(C)Oc1cccc(Cl)c1. The summed E-state index contributed by atoms with van der Waals surface area (Å²) >= 11 is 5.87. The third kappa shape index (κ3) is 4.75. The number of likely N-dealkylation sites (N-methyl/N-ethyl adjacent to an activating group) is 1. The van der Waals surface area contributed by atoms with Gasteiger partial charge in [0.05, 0.1) is 12.0 Å². The molecule has 2 atom stereocenters. The maximum absolute atomic E-state index is 12.3. The van der Waals surface area contributed by atoms with E-state index in [0.717, 1.165) is 0 Å². The van der Waals surface area contributed by atoms with E-state index in [1.807, 2.05) is 6.92 Å². The maximum atomic E-state index is 12.3. The summed E-state index contributed by atoms with van der Waals surface area (Å²) in [5.41, 5.74) is 0. The number of ether oxygens (including phenoxy) is 1. The Bertz CT molecular complexity index is 499. The molecule has 0 aliphatic heterocycles. The van der Waals surface area contributed by atoms with Crippen LogP contribution in [0.4, 0.5) is 0 Å². The predicted octanol–water partition coefficient (Wildman–Crippen LogP) is 3.12. The van der Waals surface area contributed by atoms with E-state index in [1.54, 1.807) is 43.0 Å². The smallest absolute Gasteiger partial charge is 0.263 e. The van der Waals surface area contributed by atoms with Crippen molar-refractivity contribution in [3.8, 4) is 11.8 Å². The second kappa shape index (κ2) is 7.76. The molecular formula is C15H19ClN2O2. The molecule has 108 valence electrons. The number of carbonyl (C=O) groups is 1. The minimum atomic E-state index is -0.612. The summed E-state index contributed by atoms with van der Waals surface area (Å²) < 4.78 is 5.60. The standard InChI is InChI=1S/C15H19ClN2O2/c1-4-18(10-11(2)9-17)15(19)12(3)20-14-7-5-6-13(16)8-14/h5-8,11-12H,4,10H2,1-3H3. The summed E-state index contributed by atoms with van der Waals surface area (Å²) in [5.74, 6) is 0.231. The topological polar surface area (TPSA) is 53.3 Å². The minimum Gasteiger partial charge on any atom is -0.481 e. The van der Waals surface area contributed by atoms with E-state index in [-0.39, 0.29) is 11.8 Å². The fourth-order valence-corrected chi connectivity index (χ4v) is 1.98. The number of halogens is 1. The van der Waals surface area contributed by atoms with E-state index in [0.29, 0.717) is 23.9 Å². The van der Waals surface area contributed by atoms with E-state index in [2.05, 4.69) is 6.07 Å². The molecule has 0 spiro atoms. The van der Waals surface area contributed by atoms with Gasteiger partial charge in [0.15, 0.2) is 6.10 Å². The molecule has 1 aromatic rings. The molecule has 0 N–H and O–H groups in total. The van der Waals surface area contributed by atoms with E-state index < -0.39 is 6.10 Å². The Morgan fingerprint density at radius 2 is 2.20 bits per heavy atom. The van der Waals surface area contributed by atoms with Crippen LogP contribution in [0.25, 0.3) is 0 Å². The van der Waals surface area contributed by atoms with Crippen molar-refractivity contribution in [2.24, 2.45) is 5.92 Å². The normalized spacial score (nSPS) is 13.2. The quantitative estimate of drug-likeness (QED) is 0.810. The summed E-state index contributed by atoms with van der Waals surface area (Å²) in [6, 6.07) is 9.06. The zero-order valence-electron chi connectivity index (χ0n) is 12.0. The molecular weight excluding hydrogens is 276 g/mol. The van der Waals surface area contributed by atoms with Crippen LogP contribution in [0.5, 0.6) is 5.75 Å². The molecule has 0 radical (unpaired) electrons. The first-order chi connectivity index (χ1) is 9.47. The summed E-state index contributed by atoms with van der Waals surface area (Å²) in [6.07, 6.45) is -0.612. The van der Waals surface area contributed by atoms with Gasteiger partial charge in [-0.1, -0.05) is 17.7 Å². The van der Waals surface area contributed by atoms with Crippen LogP contribution in [-0.2, 0) is 4.79 Å². The Balaban J connectivity index is 2.67. The number of nitriles is 1. The van der Waals surface area contributed by atoms with Crippen molar-refractivity contribution < 1.29 is 9.53 Å². The molecule has 0 saturated carbocycles. The van der Waals surface area contributed by atoms with Crippen LogP contribution in [0.2, 0.25) is 5.02 Å². The molecule has 0 aromatic heterocycles. The van der Waals surface area contributed by atoms with Gasteiger partial charge >= 0.3 is 0 Å². The van der Waals surface area contributed by atoms with Gasteiger partial charge in [-0.2, -0.15) is 5.26 Å². The molecule has 0 aliphatic carbocycles. The Labute approximate surface area is 124 Å². The van der Waals surface area contributed by atoms with Crippen LogP contribution in [0.3, 0.4) is 0 Å². The highest BCUT2D eigenvalue weighted by Gasteiger charge is 2.22. The summed E-state index contributed by atoms with van der Waals surface area (Å²) in [4.78, 5) is 13.9. The maximum Gasteiger partial charge on any atom is 0.263 e. The third-order valence-corrected chi connectivity index (χ3v) is 3.10. The molecule has 0 saturated heterocycles. The van der Waals surface area contributed by atoms with Gasteiger partial charge in [-0.15, -0.1) is 0 Å². The van der Waals surface area contributed by atoms with E-state index in [9.17, 15) is 4.79 Å². The lowest BCUT2D eigenvalue weighted by Crippen LogP contribution is -2.42. The van der Waals surface area contributed by atoms with Crippen molar-refractivity contribution >= 4 is 17.5 Å². The Hall–Kier alpha value is -1.73. The average Bonchev–Trinajstić information content (AvgIpc) is 2.43. The van der Waals surface area contributed by atoms with Gasteiger partial charge in [0.25, 0.3) is 5.91 Å². The summed E-state index contributed by atoms with van der Waals surface area (Å²) in [7, 11) is 0. The molecule has 0 fully saturated rings. The van der Waals surface area contributed by atoms with Crippen LogP contribution < -0.4 is 4.74 Å². The molecule has 1 aromatic carbocycles. The molecule has 4 nitrogen and oxygen atoms in total. The summed E-state index contributed by atoms with van der Waals surface area (Å²) in [6.45, 7) is 6.33. The van der Waals surface area contributed by atoms with Gasteiger partial charge in [0.2, 0.25) is 0 Å². The summed E-state index contributed by atoms with van der Waals surface area (Å²) in [5, 5.41) is 9.39. The van der Waals surface area contributed by atoms with Gasteiger partial charge in [-0.25, -0.2) is 0 Å². The zero-order valence-corrected chi connectivity index (χ0v) is 12.7. The molecule has 2 unspecified atom stereocenters. The molecule has 0 aliphatic rings. The minimum absolute atomic E-state index is 0.130. The van der Waals surface area contributed by atoms with Crippen LogP contribution >= 0.6 is 11.6 Å². The van der Waals surface area contributed by atoms with Gasteiger partial charge in [-0.05, 0) is 39.0 Å². The number of rotatable bonds is 6. The van der Waals surface area contributed by atoms with Crippen LogP contribution in [0.15, 0.2) is 24.3 Å². The monoisotopic (exact) mass is 294 g/mol. The van der Waals surface area contributed by atoms with Crippen molar-refractivity contribution in [3.63, 3.8) is 0 Å². The van der Waals surface area contributed by atoms with Gasteiger partial charge in [-0.3, -0.25) is 4.79 Å². The van der Waals surface area contributed by atoms with Gasteiger partial charge in [0, 0.05) is 18.1 Å². The van der Waals surface area contributed by atoms with Crippen molar-refractivity contribution in [2.75, 3.05) is 13.1 Å². The van der Waals surface area contributed by atoms with Gasteiger partial charge in [0.1, 0.15) is 5.75 Å². The molecule has 1 rings (SSSR count). The van der Waals surface area contributed by atoms with E-state index in [4.69, 9.17) is 21.6 Å². The number of hydrogen-bond acceptors (Lipinski definition) is 3. The van der Waals surface area contributed by atoms with Crippen molar-refractivity contribution in [1.82, 2.24) is 4.90 Å². The second-order valence-corrected chi connectivity index (χ2v) is 5.06. The predicted molar refractivity (Wildman–Crippen MR) is 78.6 cm³/mol. The fourth-order valence-electron chi connectivity index (χ4n) is 1.80. The lowest BCUT2D eigenvalue weighted by molar-refractivity contribution is -0.138. The molecule has 5 heteroatoms. The lowest BCUT2D eigenvalue weighted by atomic mass is 10.2. The van der Waals surface area contributed by atoms with E-state index >= 15 is 0 Å². The molecule has 0 heterocycles. The molecule has 0 bridgehead atoms. The number of benzene rings is 1. The third-order valence-electron chi connectivity index (χ3n) is 2.86. The van der Waals surface area contributed by atoms with Gasteiger partial charge < -0.3 is 9.64 Å². The Morgan fingerprint density at radius 3 is 2.75 bits per heavy atom. The number of amides is 1. The van der Waals surface area contributed by atoms with E-state index in [1.165, 1.54) is 0 Å². The van der Waals surface area contributed by atoms with Crippen molar-refractivity contribution in [2.45, 2.75) is 26.9 Å². The Kier molecular flexibility index (Phi) is 6.33. The number of nitrogens with zero attached hydrogens (tertiary/aromatic N) is 2. The zero-order chi connectivity index (χ0) is 15.1. The first-order valence-corrected chi connectivity index (χ1v) is 6.96. The van der Waals surface area contributed by atoms with Crippen molar-refractivity contribution in [1.29, 1.82) is 5.26 Å². The second-order valence-electron chi connectivity index (χ2n) is 4.62. The first kappa shape index (κ1) is 16.3. The molecule has 1 amide bonds. The highest BCUT2D eigenvalue weighted by molar-refractivity contribution is 6.30. The average molecular weight is 295 g/mol. The first-order valence-electron chi connectivity index (χ1n) is 6.58. The van der Waals surface area contributed by atoms with Crippen LogP contribution in [-0.4, -0.2) is 30.0 Å². The largest absolute Gasteiger partial charge is 0.481 e. The number of hydrogen-bond donors (Lipinski definition) is 0.